The number of sulfonamides is 1. The summed E-state index contributed by atoms with van der Waals surface area (Å²) in [5, 5.41) is 8.85. The number of benzene rings is 1. The standard InChI is InChI=1S/C17H16N4O4S.ClH/c1-10-3-8-13-15(14(17(22)25-2)9-19-16(13)20-10)21-11-4-6-12(7-5-11)26(18,23)24;/h3-9H,1-2H3,(H2,18,23,24)(H,19,20,21);1H. The lowest BCUT2D eigenvalue weighted by Crippen LogP contribution is -2.12. The zero-order valence-corrected chi connectivity index (χ0v) is 16.1. The molecule has 0 saturated carbocycles. The van der Waals surface area contributed by atoms with Crippen molar-refractivity contribution in [3.8, 4) is 0 Å². The summed E-state index contributed by atoms with van der Waals surface area (Å²) >= 11 is 0. The van der Waals surface area contributed by atoms with E-state index in [1.807, 2.05) is 6.92 Å². The maximum Gasteiger partial charge on any atom is 0.341 e. The van der Waals surface area contributed by atoms with Crippen molar-refractivity contribution in [2.24, 2.45) is 5.14 Å². The summed E-state index contributed by atoms with van der Waals surface area (Å²) in [4.78, 5) is 20.7. The highest BCUT2D eigenvalue weighted by Crippen LogP contribution is 2.29. The van der Waals surface area contributed by atoms with Crippen LogP contribution >= 0.6 is 12.4 Å². The quantitative estimate of drug-likeness (QED) is 0.635. The van der Waals surface area contributed by atoms with Crippen LogP contribution in [-0.4, -0.2) is 31.5 Å². The fourth-order valence-electron chi connectivity index (χ4n) is 2.44. The fraction of sp³-hybridized carbons (Fsp3) is 0.118. The van der Waals surface area contributed by atoms with Crippen LogP contribution in [0, 0.1) is 6.92 Å². The molecule has 0 atom stereocenters. The number of halogens is 1. The van der Waals surface area contributed by atoms with E-state index >= 15 is 0 Å². The van der Waals surface area contributed by atoms with E-state index in [9.17, 15) is 13.2 Å². The summed E-state index contributed by atoms with van der Waals surface area (Å²) in [6, 6.07) is 9.46. The maximum atomic E-state index is 12.1. The summed E-state index contributed by atoms with van der Waals surface area (Å²) in [6.07, 6.45) is 1.39. The highest BCUT2D eigenvalue weighted by atomic mass is 35.5. The molecule has 0 aliphatic rings. The first-order valence-electron chi connectivity index (χ1n) is 7.54. The van der Waals surface area contributed by atoms with Crippen molar-refractivity contribution >= 4 is 50.8 Å². The van der Waals surface area contributed by atoms with Crippen LogP contribution in [0.2, 0.25) is 0 Å². The number of ether oxygens (including phenoxy) is 1. The Hall–Kier alpha value is -2.75. The molecule has 0 unspecified atom stereocenters. The first-order chi connectivity index (χ1) is 12.3. The first kappa shape index (κ1) is 20.6. The van der Waals surface area contributed by atoms with Crippen LogP contribution in [0.5, 0.6) is 0 Å². The summed E-state index contributed by atoms with van der Waals surface area (Å²) in [6.45, 7) is 1.84. The van der Waals surface area contributed by atoms with E-state index in [-0.39, 0.29) is 22.9 Å². The molecule has 0 saturated heterocycles. The van der Waals surface area contributed by atoms with E-state index in [1.165, 1.54) is 25.4 Å². The number of aryl methyl sites for hydroxylation is 1. The largest absolute Gasteiger partial charge is 0.465 e. The molecule has 0 aliphatic heterocycles. The number of carbonyl (C=O) groups excluding carboxylic acids is 1. The predicted octanol–water partition coefficient (Wildman–Crippen LogP) is 2.54. The summed E-state index contributed by atoms with van der Waals surface area (Å²) in [7, 11) is -2.50. The second kappa shape index (κ2) is 7.87. The second-order valence-corrected chi connectivity index (χ2v) is 7.12. The Kier molecular flexibility index (Phi) is 5.99. The van der Waals surface area contributed by atoms with Crippen molar-refractivity contribution in [3.05, 3.63) is 53.9 Å². The third-order valence-corrected chi connectivity index (χ3v) is 4.66. The van der Waals surface area contributed by atoms with E-state index in [1.54, 1.807) is 24.3 Å². The minimum Gasteiger partial charge on any atom is -0.465 e. The van der Waals surface area contributed by atoms with Crippen LogP contribution in [0.4, 0.5) is 11.4 Å². The number of nitrogens with zero attached hydrogens (tertiary/aromatic N) is 2. The molecule has 0 amide bonds. The van der Waals surface area contributed by atoms with Gasteiger partial charge in [-0.3, -0.25) is 0 Å². The van der Waals surface area contributed by atoms with Crippen LogP contribution in [0.15, 0.2) is 47.5 Å². The molecular formula is C17H17ClN4O4S. The number of hydrogen-bond acceptors (Lipinski definition) is 7. The second-order valence-electron chi connectivity index (χ2n) is 5.56. The van der Waals surface area contributed by atoms with E-state index in [0.29, 0.717) is 22.4 Å². The molecule has 0 aliphatic carbocycles. The van der Waals surface area contributed by atoms with Crippen LogP contribution in [-0.2, 0) is 14.8 Å². The normalized spacial score (nSPS) is 10.9. The van der Waals surface area contributed by atoms with Gasteiger partial charge in [0.15, 0.2) is 5.65 Å². The third-order valence-electron chi connectivity index (χ3n) is 3.73. The summed E-state index contributed by atoms with van der Waals surface area (Å²) < 4.78 is 27.6. The zero-order chi connectivity index (χ0) is 18.9. The maximum absolute atomic E-state index is 12.1. The molecule has 0 fully saturated rings. The van der Waals surface area contributed by atoms with Gasteiger partial charge in [0.2, 0.25) is 10.0 Å². The lowest BCUT2D eigenvalue weighted by atomic mass is 10.1. The first-order valence-corrected chi connectivity index (χ1v) is 9.09. The summed E-state index contributed by atoms with van der Waals surface area (Å²) in [5.74, 6) is -0.552. The van der Waals surface area contributed by atoms with Crippen molar-refractivity contribution in [2.75, 3.05) is 12.4 Å². The van der Waals surface area contributed by atoms with Gasteiger partial charge in [-0.1, -0.05) is 0 Å². The van der Waals surface area contributed by atoms with Crippen LogP contribution in [0.25, 0.3) is 11.0 Å². The van der Waals surface area contributed by atoms with Gasteiger partial charge < -0.3 is 10.1 Å². The van der Waals surface area contributed by atoms with Gasteiger partial charge in [0.05, 0.1) is 17.7 Å². The molecule has 0 spiro atoms. The van der Waals surface area contributed by atoms with E-state index in [2.05, 4.69) is 15.3 Å². The molecule has 8 nitrogen and oxygen atoms in total. The van der Waals surface area contributed by atoms with E-state index in [0.717, 1.165) is 5.69 Å². The van der Waals surface area contributed by atoms with Gasteiger partial charge >= 0.3 is 5.97 Å². The van der Waals surface area contributed by atoms with Crippen molar-refractivity contribution in [2.45, 2.75) is 11.8 Å². The van der Waals surface area contributed by atoms with Gasteiger partial charge in [-0.25, -0.2) is 28.3 Å². The van der Waals surface area contributed by atoms with Crippen LogP contribution in [0.3, 0.4) is 0 Å². The minimum atomic E-state index is -3.78. The lowest BCUT2D eigenvalue weighted by Gasteiger charge is -2.14. The van der Waals surface area contributed by atoms with Crippen LogP contribution in [0.1, 0.15) is 16.1 Å². The Balaban J connectivity index is 0.00000261. The number of esters is 1. The SMILES string of the molecule is COC(=O)c1cnc2nc(C)ccc2c1Nc1ccc(S(N)(=O)=O)cc1.Cl. The number of nitrogens with one attached hydrogen (secondary N) is 1. The topological polar surface area (TPSA) is 124 Å². The van der Waals surface area contributed by atoms with Gasteiger partial charge in [-0.05, 0) is 43.3 Å². The predicted molar refractivity (Wildman–Crippen MR) is 104 cm³/mol. The Morgan fingerprint density at radius 2 is 1.81 bits per heavy atom. The van der Waals surface area contributed by atoms with Crippen LogP contribution < -0.4 is 10.5 Å². The van der Waals surface area contributed by atoms with E-state index < -0.39 is 16.0 Å². The molecule has 27 heavy (non-hydrogen) atoms. The van der Waals surface area contributed by atoms with Crippen molar-refractivity contribution < 1.29 is 17.9 Å². The molecule has 142 valence electrons. The Morgan fingerprint density at radius 3 is 2.41 bits per heavy atom. The number of rotatable bonds is 4. The van der Waals surface area contributed by atoms with E-state index in [4.69, 9.17) is 9.88 Å². The Morgan fingerprint density at radius 1 is 1.15 bits per heavy atom. The number of fused-ring (bicyclic) bond motifs is 1. The minimum absolute atomic E-state index is 0. The number of anilines is 2. The van der Waals surface area contributed by atoms with Gasteiger partial charge in [-0.15, -0.1) is 12.4 Å². The fourth-order valence-corrected chi connectivity index (χ4v) is 2.96. The number of primary sulfonamides is 1. The number of nitrogens with two attached hydrogens (primary N) is 1. The lowest BCUT2D eigenvalue weighted by molar-refractivity contribution is 0.0601. The highest BCUT2D eigenvalue weighted by Gasteiger charge is 2.17. The number of methoxy groups -OCH3 is 1. The monoisotopic (exact) mass is 408 g/mol. The molecule has 2 aromatic heterocycles. The number of aromatic nitrogens is 2. The highest BCUT2D eigenvalue weighted by molar-refractivity contribution is 7.89. The molecule has 0 bridgehead atoms. The van der Waals surface area contributed by atoms with Gasteiger partial charge in [0.25, 0.3) is 0 Å². The molecule has 3 aromatic rings. The van der Waals surface area contributed by atoms with Crippen molar-refractivity contribution in [3.63, 3.8) is 0 Å². The molecule has 1 aromatic carbocycles. The van der Waals surface area contributed by atoms with Crippen molar-refractivity contribution in [1.29, 1.82) is 0 Å². The average molecular weight is 409 g/mol. The Bertz CT molecular complexity index is 1100. The summed E-state index contributed by atoms with van der Waals surface area (Å²) in [5.41, 5.74) is 2.54. The number of hydrogen-bond donors (Lipinski definition) is 2. The van der Waals surface area contributed by atoms with Gasteiger partial charge in [0.1, 0.15) is 5.56 Å². The van der Waals surface area contributed by atoms with Gasteiger partial charge in [0, 0.05) is 23.0 Å². The van der Waals surface area contributed by atoms with Crippen molar-refractivity contribution in [1.82, 2.24) is 9.97 Å². The average Bonchev–Trinajstić information content (AvgIpc) is 2.60. The number of carbonyl (C=O) groups is 1. The molecule has 3 N–H and O–H groups in total. The zero-order valence-electron chi connectivity index (χ0n) is 14.5. The Labute approximate surface area is 162 Å². The van der Waals surface area contributed by atoms with Gasteiger partial charge in [-0.2, -0.15) is 0 Å². The smallest absolute Gasteiger partial charge is 0.341 e. The molecule has 0 radical (unpaired) electrons. The molecule has 2 heterocycles. The molecule has 10 heteroatoms. The number of pyridine rings is 2. The molecular weight excluding hydrogens is 392 g/mol. The molecule has 3 rings (SSSR count). The third kappa shape index (κ3) is 4.33.